The van der Waals surface area contributed by atoms with Crippen LogP contribution in [0.25, 0.3) is 0 Å². The van der Waals surface area contributed by atoms with E-state index in [9.17, 15) is 5.11 Å². The molecule has 1 fully saturated rings. The van der Waals surface area contributed by atoms with Gasteiger partial charge in [-0.05, 0) is 17.7 Å². The van der Waals surface area contributed by atoms with Crippen LogP contribution >= 0.6 is 0 Å². The molecule has 1 aliphatic heterocycles. The van der Waals surface area contributed by atoms with E-state index >= 15 is 0 Å². The van der Waals surface area contributed by atoms with Crippen molar-refractivity contribution in [1.29, 1.82) is 0 Å². The summed E-state index contributed by atoms with van der Waals surface area (Å²) in [5.74, 6) is -0.180. The van der Waals surface area contributed by atoms with E-state index in [1.807, 2.05) is 0 Å². The molecule has 4 nitrogen and oxygen atoms in total. The molecule has 0 bridgehead atoms. The zero-order valence-electron chi connectivity index (χ0n) is 7.73. The standard InChI is InChI=1S/C10H13NO3/c12-9-2-1-7(5-10(9)13)8-6-14-4-3-11-8/h1-2,5,8,11-13H,3-4,6H2/t8-/m0/s1. The minimum atomic E-state index is -0.0922. The monoisotopic (exact) mass is 195 g/mol. The van der Waals surface area contributed by atoms with Gasteiger partial charge in [0.1, 0.15) is 0 Å². The van der Waals surface area contributed by atoms with Crippen LogP contribution in [0, 0.1) is 0 Å². The molecule has 0 radical (unpaired) electrons. The SMILES string of the molecule is Oc1ccc([C@@H]2COCCN2)cc1O. The molecule has 1 aromatic carbocycles. The maximum atomic E-state index is 9.31. The van der Waals surface area contributed by atoms with Crippen molar-refractivity contribution in [3.05, 3.63) is 23.8 Å². The molecular formula is C10H13NO3. The molecule has 0 saturated carbocycles. The van der Waals surface area contributed by atoms with Crippen LogP contribution in [0.4, 0.5) is 0 Å². The lowest BCUT2D eigenvalue weighted by atomic mass is 10.1. The summed E-state index contributed by atoms with van der Waals surface area (Å²) in [4.78, 5) is 0. The van der Waals surface area contributed by atoms with Crippen LogP contribution in [0.15, 0.2) is 18.2 Å². The molecule has 0 spiro atoms. The third-order valence-electron chi connectivity index (χ3n) is 2.32. The van der Waals surface area contributed by atoms with E-state index in [1.54, 1.807) is 12.1 Å². The number of morpholine rings is 1. The first kappa shape index (κ1) is 9.30. The Balaban J connectivity index is 2.18. The number of phenolic OH excluding ortho intramolecular Hbond substituents is 2. The lowest BCUT2D eigenvalue weighted by Crippen LogP contribution is -2.34. The summed E-state index contributed by atoms with van der Waals surface area (Å²) in [6.07, 6.45) is 0. The van der Waals surface area contributed by atoms with E-state index in [1.165, 1.54) is 6.07 Å². The molecular weight excluding hydrogens is 182 g/mol. The summed E-state index contributed by atoms with van der Waals surface area (Å²) in [6.45, 7) is 2.14. The molecule has 1 aliphatic rings. The second kappa shape index (κ2) is 3.86. The van der Waals surface area contributed by atoms with E-state index in [0.717, 1.165) is 18.7 Å². The second-order valence-electron chi connectivity index (χ2n) is 3.33. The quantitative estimate of drug-likeness (QED) is 0.579. The van der Waals surface area contributed by atoms with Gasteiger partial charge in [0, 0.05) is 6.54 Å². The van der Waals surface area contributed by atoms with Crippen molar-refractivity contribution < 1.29 is 14.9 Å². The molecule has 1 heterocycles. The smallest absolute Gasteiger partial charge is 0.157 e. The zero-order valence-corrected chi connectivity index (χ0v) is 7.73. The molecule has 14 heavy (non-hydrogen) atoms. The third-order valence-corrected chi connectivity index (χ3v) is 2.32. The van der Waals surface area contributed by atoms with Crippen molar-refractivity contribution in [3.63, 3.8) is 0 Å². The highest BCUT2D eigenvalue weighted by Gasteiger charge is 2.15. The molecule has 0 amide bonds. The van der Waals surface area contributed by atoms with Crippen LogP contribution < -0.4 is 5.32 Å². The lowest BCUT2D eigenvalue weighted by molar-refractivity contribution is 0.0768. The van der Waals surface area contributed by atoms with Crippen LogP contribution in [-0.4, -0.2) is 30.0 Å². The van der Waals surface area contributed by atoms with Crippen molar-refractivity contribution in [1.82, 2.24) is 5.32 Å². The predicted octanol–water partition coefficient (Wildman–Crippen LogP) is 0.759. The summed E-state index contributed by atoms with van der Waals surface area (Å²) >= 11 is 0. The third kappa shape index (κ3) is 1.81. The maximum Gasteiger partial charge on any atom is 0.157 e. The fourth-order valence-corrected chi connectivity index (χ4v) is 1.54. The van der Waals surface area contributed by atoms with Crippen LogP contribution in [0.3, 0.4) is 0 Å². The first-order valence-corrected chi connectivity index (χ1v) is 4.60. The topological polar surface area (TPSA) is 61.7 Å². The molecule has 2 rings (SSSR count). The second-order valence-corrected chi connectivity index (χ2v) is 3.33. The van der Waals surface area contributed by atoms with E-state index in [0.29, 0.717) is 6.61 Å². The Morgan fingerprint density at radius 3 is 2.79 bits per heavy atom. The van der Waals surface area contributed by atoms with Gasteiger partial charge in [-0.25, -0.2) is 0 Å². The summed E-state index contributed by atoms with van der Waals surface area (Å²) in [6, 6.07) is 4.93. The number of hydrogen-bond acceptors (Lipinski definition) is 4. The Morgan fingerprint density at radius 2 is 2.14 bits per heavy atom. The highest BCUT2D eigenvalue weighted by Crippen LogP contribution is 2.28. The Hall–Kier alpha value is -1.26. The van der Waals surface area contributed by atoms with Gasteiger partial charge in [-0.3, -0.25) is 0 Å². The van der Waals surface area contributed by atoms with Crippen LogP contribution in [0.5, 0.6) is 11.5 Å². The number of benzene rings is 1. The Morgan fingerprint density at radius 1 is 1.29 bits per heavy atom. The summed E-state index contributed by atoms with van der Waals surface area (Å²) in [7, 11) is 0. The molecule has 0 aromatic heterocycles. The molecule has 1 saturated heterocycles. The fourth-order valence-electron chi connectivity index (χ4n) is 1.54. The van der Waals surface area contributed by atoms with Crippen molar-refractivity contribution in [2.24, 2.45) is 0 Å². The number of nitrogens with one attached hydrogen (secondary N) is 1. The van der Waals surface area contributed by atoms with Crippen LogP contribution in [0.1, 0.15) is 11.6 Å². The average molecular weight is 195 g/mol. The number of rotatable bonds is 1. The van der Waals surface area contributed by atoms with E-state index in [-0.39, 0.29) is 17.5 Å². The lowest BCUT2D eigenvalue weighted by Gasteiger charge is -2.24. The molecule has 0 unspecified atom stereocenters. The number of phenols is 2. The minimum absolute atomic E-state index is 0.0881. The molecule has 0 aliphatic carbocycles. The summed E-state index contributed by atoms with van der Waals surface area (Å²) in [5.41, 5.74) is 0.931. The first-order chi connectivity index (χ1) is 6.77. The number of ether oxygens (including phenoxy) is 1. The average Bonchev–Trinajstić information content (AvgIpc) is 2.23. The van der Waals surface area contributed by atoms with E-state index in [4.69, 9.17) is 9.84 Å². The molecule has 4 heteroatoms. The van der Waals surface area contributed by atoms with Gasteiger partial charge < -0.3 is 20.3 Å². The van der Waals surface area contributed by atoms with Gasteiger partial charge in [-0.2, -0.15) is 0 Å². The maximum absolute atomic E-state index is 9.31. The fraction of sp³-hybridized carbons (Fsp3) is 0.400. The Labute approximate surface area is 82.1 Å². The van der Waals surface area contributed by atoms with Gasteiger partial charge in [0.15, 0.2) is 11.5 Å². The summed E-state index contributed by atoms with van der Waals surface area (Å²) < 4.78 is 5.30. The van der Waals surface area contributed by atoms with Crippen molar-refractivity contribution >= 4 is 0 Å². The molecule has 1 aromatic rings. The van der Waals surface area contributed by atoms with Crippen molar-refractivity contribution in [2.75, 3.05) is 19.8 Å². The zero-order chi connectivity index (χ0) is 9.97. The van der Waals surface area contributed by atoms with Crippen LogP contribution in [0.2, 0.25) is 0 Å². The van der Waals surface area contributed by atoms with Crippen molar-refractivity contribution in [2.45, 2.75) is 6.04 Å². The van der Waals surface area contributed by atoms with Crippen molar-refractivity contribution in [3.8, 4) is 11.5 Å². The Kier molecular flexibility index (Phi) is 2.56. The van der Waals surface area contributed by atoms with Gasteiger partial charge in [-0.15, -0.1) is 0 Å². The number of hydrogen-bond donors (Lipinski definition) is 3. The van der Waals surface area contributed by atoms with Gasteiger partial charge in [0.25, 0.3) is 0 Å². The van der Waals surface area contributed by atoms with E-state index in [2.05, 4.69) is 5.32 Å². The van der Waals surface area contributed by atoms with Gasteiger partial charge in [-0.1, -0.05) is 6.07 Å². The molecule has 76 valence electrons. The van der Waals surface area contributed by atoms with Gasteiger partial charge >= 0.3 is 0 Å². The number of aromatic hydroxyl groups is 2. The largest absolute Gasteiger partial charge is 0.504 e. The molecule has 1 atom stereocenters. The van der Waals surface area contributed by atoms with Crippen LogP contribution in [-0.2, 0) is 4.74 Å². The Bertz CT molecular complexity index is 321. The predicted molar refractivity (Wildman–Crippen MR) is 51.3 cm³/mol. The normalized spacial score (nSPS) is 22.1. The molecule has 3 N–H and O–H groups in total. The minimum Gasteiger partial charge on any atom is -0.504 e. The first-order valence-electron chi connectivity index (χ1n) is 4.60. The highest BCUT2D eigenvalue weighted by molar-refractivity contribution is 5.41. The highest BCUT2D eigenvalue weighted by atomic mass is 16.5. The summed E-state index contributed by atoms with van der Waals surface area (Å²) in [5, 5.41) is 21.7. The van der Waals surface area contributed by atoms with Gasteiger partial charge in [0.2, 0.25) is 0 Å². The van der Waals surface area contributed by atoms with E-state index < -0.39 is 0 Å². The van der Waals surface area contributed by atoms with Gasteiger partial charge in [0.05, 0.1) is 19.3 Å².